The zero-order chi connectivity index (χ0) is 21.5. The number of halogens is 1. The van der Waals surface area contributed by atoms with Crippen LogP contribution in [0.25, 0.3) is 11.1 Å². The maximum absolute atomic E-state index is 14.2. The van der Waals surface area contributed by atoms with Crippen molar-refractivity contribution in [3.8, 4) is 22.6 Å². The first-order valence-electron chi connectivity index (χ1n) is 10.3. The van der Waals surface area contributed by atoms with E-state index in [1.807, 2.05) is 25.1 Å². The number of hydrogen-bond acceptors (Lipinski definition) is 6. The SMILES string of the molecule is COc1ccc(-c2cc(F)cc(OCC(O)CN3CCN(CCO)CC3)c2)cc1C. The first-order chi connectivity index (χ1) is 14.5. The van der Waals surface area contributed by atoms with Gasteiger partial charge in [0.1, 0.15) is 30.0 Å². The summed E-state index contributed by atoms with van der Waals surface area (Å²) in [7, 11) is 1.62. The van der Waals surface area contributed by atoms with Gasteiger partial charge in [-0.1, -0.05) is 6.07 Å². The number of aryl methyl sites for hydroxylation is 1. The van der Waals surface area contributed by atoms with Crippen molar-refractivity contribution >= 4 is 0 Å². The average molecular weight is 419 g/mol. The number of benzene rings is 2. The van der Waals surface area contributed by atoms with Gasteiger partial charge in [-0.25, -0.2) is 4.39 Å². The monoisotopic (exact) mass is 418 g/mol. The first-order valence-corrected chi connectivity index (χ1v) is 10.3. The van der Waals surface area contributed by atoms with Crippen LogP contribution in [0.5, 0.6) is 11.5 Å². The highest BCUT2D eigenvalue weighted by Crippen LogP contribution is 2.29. The van der Waals surface area contributed by atoms with E-state index in [2.05, 4.69) is 9.80 Å². The molecule has 1 atom stereocenters. The molecule has 1 aliphatic rings. The fourth-order valence-corrected chi connectivity index (χ4v) is 3.75. The van der Waals surface area contributed by atoms with Crippen LogP contribution in [-0.4, -0.2) is 85.7 Å². The molecule has 0 aromatic heterocycles. The predicted octanol–water partition coefficient (Wildman–Crippen LogP) is 2.16. The van der Waals surface area contributed by atoms with Gasteiger partial charge >= 0.3 is 0 Å². The molecule has 6 nitrogen and oxygen atoms in total. The van der Waals surface area contributed by atoms with Crippen LogP contribution in [-0.2, 0) is 0 Å². The van der Waals surface area contributed by atoms with Gasteiger partial charge in [-0.05, 0) is 47.9 Å². The van der Waals surface area contributed by atoms with E-state index in [1.165, 1.54) is 12.1 Å². The Morgan fingerprint density at radius 3 is 2.43 bits per heavy atom. The molecule has 30 heavy (non-hydrogen) atoms. The molecule has 1 saturated heterocycles. The van der Waals surface area contributed by atoms with Gasteiger partial charge in [-0.15, -0.1) is 0 Å². The summed E-state index contributed by atoms with van der Waals surface area (Å²) in [5.41, 5.74) is 2.56. The average Bonchev–Trinajstić information content (AvgIpc) is 2.73. The highest BCUT2D eigenvalue weighted by Gasteiger charge is 2.19. The Morgan fingerprint density at radius 2 is 1.77 bits per heavy atom. The van der Waals surface area contributed by atoms with Gasteiger partial charge in [0, 0.05) is 45.3 Å². The molecule has 0 aliphatic carbocycles. The molecule has 2 aromatic carbocycles. The first kappa shape index (κ1) is 22.5. The molecule has 1 heterocycles. The largest absolute Gasteiger partial charge is 0.496 e. The third kappa shape index (κ3) is 6.15. The smallest absolute Gasteiger partial charge is 0.127 e. The zero-order valence-corrected chi connectivity index (χ0v) is 17.7. The lowest BCUT2D eigenvalue weighted by Crippen LogP contribution is -2.49. The van der Waals surface area contributed by atoms with Gasteiger partial charge in [0.2, 0.25) is 0 Å². The van der Waals surface area contributed by atoms with Crippen molar-refractivity contribution in [1.82, 2.24) is 9.80 Å². The number of nitrogens with zero attached hydrogens (tertiary/aromatic N) is 2. The molecular weight excluding hydrogens is 387 g/mol. The van der Waals surface area contributed by atoms with E-state index < -0.39 is 6.10 Å². The van der Waals surface area contributed by atoms with Crippen molar-refractivity contribution in [1.29, 1.82) is 0 Å². The Bertz CT molecular complexity index is 825. The second kappa shape index (κ2) is 10.7. The number of rotatable bonds is 9. The number of methoxy groups -OCH3 is 1. The number of β-amino-alcohol motifs (C(OH)–C–C–N with tert-alkyl or cyclic N) is 2. The molecule has 3 rings (SSSR count). The van der Waals surface area contributed by atoms with E-state index in [0.29, 0.717) is 24.4 Å². The topological polar surface area (TPSA) is 65.4 Å². The number of piperazine rings is 1. The fraction of sp³-hybridized carbons (Fsp3) is 0.478. The maximum Gasteiger partial charge on any atom is 0.127 e. The summed E-state index contributed by atoms with van der Waals surface area (Å²) in [5, 5.41) is 19.4. The Labute approximate surface area is 177 Å². The van der Waals surface area contributed by atoms with Crippen LogP contribution in [0.4, 0.5) is 4.39 Å². The van der Waals surface area contributed by atoms with E-state index in [-0.39, 0.29) is 19.0 Å². The van der Waals surface area contributed by atoms with E-state index in [1.54, 1.807) is 13.2 Å². The van der Waals surface area contributed by atoms with Gasteiger partial charge in [0.15, 0.2) is 0 Å². The van der Waals surface area contributed by atoms with Crippen molar-refractivity contribution in [3.05, 3.63) is 47.8 Å². The van der Waals surface area contributed by atoms with Crippen molar-refractivity contribution in [3.63, 3.8) is 0 Å². The molecule has 1 fully saturated rings. The third-order valence-electron chi connectivity index (χ3n) is 5.39. The number of aliphatic hydroxyl groups is 2. The molecule has 0 saturated carbocycles. The van der Waals surface area contributed by atoms with E-state index in [4.69, 9.17) is 14.6 Å². The zero-order valence-electron chi connectivity index (χ0n) is 17.7. The molecule has 1 aliphatic heterocycles. The van der Waals surface area contributed by atoms with E-state index in [0.717, 1.165) is 43.1 Å². The highest BCUT2D eigenvalue weighted by molar-refractivity contribution is 5.67. The van der Waals surface area contributed by atoms with Crippen molar-refractivity contribution < 1.29 is 24.1 Å². The molecule has 0 radical (unpaired) electrons. The second-order valence-corrected chi connectivity index (χ2v) is 7.69. The van der Waals surface area contributed by atoms with Crippen LogP contribution in [0.2, 0.25) is 0 Å². The summed E-state index contributed by atoms with van der Waals surface area (Å²) in [6, 6.07) is 10.3. The normalized spacial score (nSPS) is 16.4. The van der Waals surface area contributed by atoms with Crippen molar-refractivity contribution in [2.45, 2.75) is 13.0 Å². The number of aliphatic hydroxyl groups excluding tert-OH is 2. The molecule has 1 unspecified atom stereocenters. The summed E-state index contributed by atoms with van der Waals surface area (Å²) >= 11 is 0. The fourth-order valence-electron chi connectivity index (χ4n) is 3.75. The quantitative estimate of drug-likeness (QED) is 0.651. The summed E-state index contributed by atoms with van der Waals surface area (Å²) in [6.45, 7) is 6.85. The van der Waals surface area contributed by atoms with Crippen LogP contribution < -0.4 is 9.47 Å². The molecule has 0 amide bonds. The third-order valence-corrected chi connectivity index (χ3v) is 5.39. The number of ether oxygens (including phenoxy) is 2. The van der Waals surface area contributed by atoms with E-state index in [9.17, 15) is 9.50 Å². The standard InChI is InChI=1S/C23H31FN2O4/c1-17-11-18(3-4-23(17)29-2)19-12-20(24)14-22(13-19)30-16-21(28)15-26-7-5-25(6-8-26)9-10-27/h3-4,11-14,21,27-28H,5-10,15-16H2,1-2H3. The van der Waals surface area contributed by atoms with Crippen LogP contribution in [0.1, 0.15) is 5.56 Å². The van der Waals surface area contributed by atoms with Gasteiger partial charge in [0.25, 0.3) is 0 Å². The van der Waals surface area contributed by atoms with Crippen molar-refractivity contribution in [2.24, 2.45) is 0 Å². The van der Waals surface area contributed by atoms with Crippen LogP contribution in [0, 0.1) is 12.7 Å². The minimum Gasteiger partial charge on any atom is -0.496 e. The summed E-state index contributed by atoms with van der Waals surface area (Å²) in [6.07, 6.45) is -0.663. The Balaban J connectivity index is 1.56. The molecule has 7 heteroatoms. The maximum atomic E-state index is 14.2. The molecule has 2 aromatic rings. The predicted molar refractivity (Wildman–Crippen MR) is 115 cm³/mol. The molecular formula is C23H31FN2O4. The minimum absolute atomic E-state index is 0.0986. The minimum atomic E-state index is -0.663. The van der Waals surface area contributed by atoms with Crippen LogP contribution >= 0.6 is 0 Å². The Hall–Kier alpha value is -2.19. The van der Waals surface area contributed by atoms with Crippen molar-refractivity contribution in [2.75, 3.05) is 59.6 Å². The van der Waals surface area contributed by atoms with E-state index >= 15 is 0 Å². The molecule has 0 spiro atoms. The Morgan fingerprint density at radius 1 is 1.03 bits per heavy atom. The lowest BCUT2D eigenvalue weighted by atomic mass is 10.0. The Kier molecular flexibility index (Phi) is 8.04. The molecule has 0 bridgehead atoms. The number of hydrogen-bond donors (Lipinski definition) is 2. The van der Waals surface area contributed by atoms with Crippen LogP contribution in [0.15, 0.2) is 36.4 Å². The summed E-state index contributed by atoms with van der Waals surface area (Å²) < 4.78 is 25.1. The lowest BCUT2D eigenvalue weighted by Gasteiger charge is -2.35. The van der Waals surface area contributed by atoms with Crippen LogP contribution in [0.3, 0.4) is 0 Å². The second-order valence-electron chi connectivity index (χ2n) is 7.69. The van der Waals surface area contributed by atoms with Gasteiger partial charge in [-0.2, -0.15) is 0 Å². The summed E-state index contributed by atoms with van der Waals surface area (Å²) in [4.78, 5) is 4.38. The lowest BCUT2D eigenvalue weighted by molar-refractivity contribution is 0.0428. The molecule has 164 valence electrons. The van der Waals surface area contributed by atoms with Gasteiger partial charge in [-0.3, -0.25) is 9.80 Å². The van der Waals surface area contributed by atoms with Gasteiger partial charge < -0.3 is 19.7 Å². The van der Waals surface area contributed by atoms with Gasteiger partial charge in [0.05, 0.1) is 13.7 Å². The summed E-state index contributed by atoms with van der Waals surface area (Å²) in [5.74, 6) is 0.794. The molecule has 2 N–H and O–H groups in total. The highest BCUT2D eigenvalue weighted by atomic mass is 19.1.